The Balaban J connectivity index is 1.61. The number of nitriles is 1. The molecule has 0 bridgehead atoms. The highest BCUT2D eigenvalue weighted by Crippen LogP contribution is 2.39. The summed E-state index contributed by atoms with van der Waals surface area (Å²) < 4.78 is 41.6. The first-order valence-electron chi connectivity index (χ1n) is 12.6. The molecule has 1 aromatic carbocycles. The summed E-state index contributed by atoms with van der Waals surface area (Å²) in [5.74, 6) is -5.73. The first-order valence-corrected chi connectivity index (χ1v) is 13.0. The number of rotatable bonds is 7. The van der Waals surface area contributed by atoms with Crippen molar-refractivity contribution in [2.24, 2.45) is 0 Å². The van der Waals surface area contributed by atoms with Crippen LogP contribution in [-0.4, -0.2) is 45.7 Å². The molecule has 9 nitrogen and oxygen atoms in total. The lowest BCUT2D eigenvalue weighted by Gasteiger charge is -2.39. The minimum Gasteiger partial charge on any atom is -0.351 e. The number of pyridine rings is 2. The van der Waals surface area contributed by atoms with Gasteiger partial charge in [-0.1, -0.05) is 29.8 Å². The maximum Gasteiger partial charge on any atom is 0.252 e. The molecule has 0 spiro atoms. The van der Waals surface area contributed by atoms with Crippen LogP contribution in [0, 0.1) is 17.1 Å². The number of hydrogen-bond acceptors (Lipinski definition) is 6. The van der Waals surface area contributed by atoms with Gasteiger partial charge in [-0.25, -0.2) is 18.2 Å². The predicted octanol–water partition coefficient (Wildman–Crippen LogP) is 4.32. The van der Waals surface area contributed by atoms with E-state index in [-0.39, 0.29) is 40.5 Å². The third kappa shape index (κ3) is 5.71. The van der Waals surface area contributed by atoms with Gasteiger partial charge in [0.25, 0.3) is 11.8 Å². The van der Waals surface area contributed by atoms with E-state index >= 15 is 0 Å². The number of anilines is 2. The molecule has 3 amide bonds. The maximum atomic E-state index is 14.4. The maximum absolute atomic E-state index is 14.4. The minimum absolute atomic E-state index is 0.0288. The van der Waals surface area contributed by atoms with E-state index in [1.54, 1.807) is 12.1 Å². The summed E-state index contributed by atoms with van der Waals surface area (Å²) in [6.07, 6.45) is 2.25. The van der Waals surface area contributed by atoms with Gasteiger partial charge < -0.3 is 5.32 Å². The molecule has 2 aliphatic rings. The van der Waals surface area contributed by atoms with Crippen LogP contribution in [0.5, 0.6) is 0 Å². The van der Waals surface area contributed by atoms with Gasteiger partial charge in [0.05, 0.1) is 29.7 Å². The van der Waals surface area contributed by atoms with Crippen LogP contribution >= 0.6 is 11.6 Å². The van der Waals surface area contributed by atoms with Gasteiger partial charge in [-0.15, -0.1) is 0 Å². The lowest BCUT2D eigenvalue weighted by molar-refractivity contribution is -0.133. The average molecular weight is 583 g/mol. The fourth-order valence-electron chi connectivity index (χ4n) is 5.06. The van der Waals surface area contributed by atoms with Crippen molar-refractivity contribution in [1.29, 1.82) is 5.26 Å². The molecule has 210 valence electrons. The quantitative estimate of drug-likeness (QED) is 0.443. The number of amides is 3. The van der Waals surface area contributed by atoms with Crippen molar-refractivity contribution in [2.75, 3.05) is 9.80 Å². The largest absolute Gasteiger partial charge is 0.351 e. The molecule has 13 heteroatoms. The van der Waals surface area contributed by atoms with E-state index in [4.69, 9.17) is 11.6 Å². The van der Waals surface area contributed by atoms with Crippen LogP contribution in [0.15, 0.2) is 61.1 Å². The summed E-state index contributed by atoms with van der Waals surface area (Å²) in [7, 11) is 0. The molecular formula is C28H22ClF3N6O3. The molecule has 2 fully saturated rings. The summed E-state index contributed by atoms with van der Waals surface area (Å²) in [5, 5.41) is 12.0. The summed E-state index contributed by atoms with van der Waals surface area (Å²) in [6, 6.07) is 8.32. The zero-order chi connectivity index (χ0) is 29.3. The topological polar surface area (TPSA) is 119 Å². The molecule has 41 heavy (non-hydrogen) atoms. The number of carbonyl (C=O) groups excluding carboxylic acids is 3. The van der Waals surface area contributed by atoms with E-state index < -0.39 is 60.4 Å². The number of halogens is 4. The van der Waals surface area contributed by atoms with E-state index in [2.05, 4.69) is 15.3 Å². The van der Waals surface area contributed by atoms with E-state index in [9.17, 15) is 32.8 Å². The molecule has 0 radical (unpaired) electrons. The van der Waals surface area contributed by atoms with Gasteiger partial charge in [0.1, 0.15) is 23.7 Å². The van der Waals surface area contributed by atoms with Gasteiger partial charge in [-0.2, -0.15) is 5.26 Å². The van der Waals surface area contributed by atoms with Crippen LogP contribution in [0.4, 0.5) is 24.7 Å². The van der Waals surface area contributed by atoms with E-state index in [0.717, 1.165) is 22.1 Å². The Morgan fingerprint density at radius 1 is 1.20 bits per heavy atom. The number of benzene rings is 1. The predicted molar refractivity (Wildman–Crippen MR) is 141 cm³/mol. The second-order valence-electron chi connectivity index (χ2n) is 9.80. The van der Waals surface area contributed by atoms with Gasteiger partial charge in [0.2, 0.25) is 11.8 Å². The van der Waals surface area contributed by atoms with Gasteiger partial charge in [0, 0.05) is 48.2 Å². The Hall–Kier alpha value is -4.50. The monoisotopic (exact) mass is 582 g/mol. The average Bonchev–Trinajstić information content (AvgIpc) is 3.32. The van der Waals surface area contributed by atoms with Gasteiger partial charge >= 0.3 is 0 Å². The van der Waals surface area contributed by atoms with Gasteiger partial charge in [-0.05, 0) is 24.6 Å². The molecule has 3 heterocycles. The molecular weight excluding hydrogens is 561 g/mol. The molecule has 3 aromatic rings. The van der Waals surface area contributed by atoms with Crippen molar-refractivity contribution in [2.45, 2.75) is 49.7 Å². The smallest absolute Gasteiger partial charge is 0.252 e. The second kappa shape index (κ2) is 11.2. The molecule has 5 rings (SSSR count). The fraction of sp³-hybridized carbons (Fsp3) is 0.286. The first-order chi connectivity index (χ1) is 19.6. The van der Waals surface area contributed by atoms with Crippen LogP contribution in [-0.2, 0) is 14.4 Å². The SMILES string of the molecule is N#Cc1ccnc(N2C(=O)CC[C@@H]2C(=O)N(c2cncc(F)c2)C(C(=O)NC2CC(F)(F)C2)c2ccccc2Cl)c1. The fourth-order valence-corrected chi connectivity index (χ4v) is 5.30. The molecule has 1 aliphatic carbocycles. The lowest BCUT2D eigenvalue weighted by Crippen LogP contribution is -2.56. The molecule has 2 aromatic heterocycles. The van der Waals surface area contributed by atoms with Crippen molar-refractivity contribution >= 4 is 40.8 Å². The Kier molecular flexibility index (Phi) is 7.64. The standard InChI is InChI=1S/C28H22ClF3N6O3/c29-21-4-2-1-3-20(21)25(26(40)36-18-11-28(31,32)12-18)37(19-10-17(30)14-34-15-19)27(41)22-5-6-24(39)38(22)23-9-16(13-33)7-8-35-23/h1-4,7-10,14-15,18,22,25H,5-6,11-12H2,(H,36,40)/t22-,25?/m1/s1. The molecule has 2 atom stereocenters. The van der Waals surface area contributed by atoms with Crippen molar-refractivity contribution in [3.05, 3.63) is 83.0 Å². The third-order valence-corrected chi connectivity index (χ3v) is 7.31. The number of alkyl halides is 2. The van der Waals surface area contributed by atoms with Crippen LogP contribution in [0.25, 0.3) is 0 Å². The first kappa shape index (κ1) is 28.0. The van der Waals surface area contributed by atoms with E-state index in [0.29, 0.717) is 0 Å². The summed E-state index contributed by atoms with van der Waals surface area (Å²) in [4.78, 5) is 51.2. The van der Waals surface area contributed by atoms with Crippen molar-refractivity contribution in [1.82, 2.24) is 15.3 Å². The van der Waals surface area contributed by atoms with Crippen LogP contribution in [0.1, 0.15) is 42.9 Å². The third-order valence-electron chi connectivity index (χ3n) is 6.97. The highest BCUT2D eigenvalue weighted by atomic mass is 35.5. The number of nitrogens with zero attached hydrogens (tertiary/aromatic N) is 5. The van der Waals surface area contributed by atoms with Crippen LogP contribution in [0.3, 0.4) is 0 Å². The lowest BCUT2D eigenvalue weighted by atomic mass is 9.87. The second-order valence-corrected chi connectivity index (χ2v) is 10.2. The van der Waals surface area contributed by atoms with E-state index in [1.165, 1.54) is 36.7 Å². The molecule has 1 N–H and O–H groups in total. The van der Waals surface area contributed by atoms with Crippen molar-refractivity contribution < 1.29 is 27.6 Å². The van der Waals surface area contributed by atoms with Crippen molar-refractivity contribution in [3.63, 3.8) is 0 Å². The Bertz CT molecular complexity index is 1560. The highest BCUT2D eigenvalue weighted by molar-refractivity contribution is 6.31. The Morgan fingerprint density at radius 2 is 1.95 bits per heavy atom. The van der Waals surface area contributed by atoms with Crippen LogP contribution < -0.4 is 15.1 Å². The van der Waals surface area contributed by atoms with E-state index in [1.807, 2.05) is 6.07 Å². The Morgan fingerprint density at radius 3 is 2.63 bits per heavy atom. The summed E-state index contributed by atoms with van der Waals surface area (Å²) in [5.41, 5.74) is 0.237. The van der Waals surface area contributed by atoms with Gasteiger partial charge in [0.15, 0.2) is 0 Å². The van der Waals surface area contributed by atoms with Gasteiger partial charge in [-0.3, -0.25) is 29.2 Å². The molecule has 1 unspecified atom stereocenters. The molecule has 1 saturated heterocycles. The number of carbonyl (C=O) groups is 3. The Labute approximate surface area is 237 Å². The zero-order valence-electron chi connectivity index (χ0n) is 21.3. The number of nitrogens with one attached hydrogen (secondary N) is 1. The summed E-state index contributed by atoms with van der Waals surface area (Å²) in [6.45, 7) is 0. The molecule has 1 aliphatic heterocycles. The minimum atomic E-state index is -2.92. The molecule has 1 saturated carbocycles. The van der Waals surface area contributed by atoms with Crippen LogP contribution in [0.2, 0.25) is 5.02 Å². The highest BCUT2D eigenvalue weighted by Gasteiger charge is 2.48. The normalized spacial score (nSPS) is 18.8. The number of hydrogen-bond donors (Lipinski definition) is 1. The van der Waals surface area contributed by atoms with Crippen molar-refractivity contribution in [3.8, 4) is 6.07 Å². The number of aromatic nitrogens is 2. The zero-order valence-corrected chi connectivity index (χ0v) is 22.1. The summed E-state index contributed by atoms with van der Waals surface area (Å²) >= 11 is 6.47.